The van der Waals surface area contributed by atoms with Crippen LogP contribution in [-0.2, 0) is 6.42 Å². The lowest BCUT2D eigenvalue weighted by molar-refractivity contribution is 1.14. The summed E-state index contributed by atoms with van der Waals surface area (Å²) in [7, 11) is 0. The predicted molar refractivity (Wildman–Crippen MR) is 83.0 cm³/mol. The first-order chi connectivity index (χ1) is 9.17. The van der Waals surface area contributed by atoms with Gasteiger partial charge in [0.1, 0.15) is 5.82 Å². The van der Waals surface area contributed by atoms with E-state index in [2.05, 4.69) is 51.0 Å². The van der Waals surface area contributed by atoms with Crippen LogP contribution in [0.25, 0.3) is 22.4 Å². The van der Waals surface area contributed by atoms with E-state index in [-0.39, 0.29) is 0 Å². The Balaban J connectivity index is 2.11. The Morgan fingerprint density at radius 2 is 2.05 bits per heavy atom. The molecule has 0 atom stereocenters. The molecule has 96 valence electrons. The first-order valence-electron chi connectivity index (χ1n) is 6.21. The molecular weight excluding hydrogens is 302 g/mol. The van der Waals surface area contributed by atoms with E-state index < -0.39 is 0 Å². The van der Waals surface area contributed by atoms with Crippen molar-refractivity contribution in [3.05, 3.63) is 46.4 Å². The fourth-order valence-electron chi connectivity index (χ4n) is 2.10. The standard InChI is InChI=1S/C15H14BrN3/c1-2-9-3-6-13-14(7-9)19-15(18-13)10-4-5-11(16)12(17)8-10/h3-8H,2,17H2,1H3,(H,18,19). The van der Waals surface area contributed by atoms with E-state index in [4.69, 9.17) is 5.73 Å². The normalized spacial score (nSPS) is 11.1. The Hall–Kier alpha value is -1.81. The van der Waals surface area contributed by atoms with E-state index in [1.54, 1.807) is 0 Å². The Morgan fingerprint density at radius 1 is 1.21 bits per heavy atom. The van der Waals surface area contributed by atoms with Crippen LogP contribution in [0.15, 0.2) is 40.9 Å². The number of aromatic amines is 1. The second kappa shape index (κ2) is 4.70. The number of aromatic nitrogens is 2. The lowest BCUT2D eigenvalue weighted by Gasteiger charge is -2.00. The number of hydrogen-bond donors (Lipinski definition) is 2. The van der Waals surface area contributed by atoms with Crippen molar-refractivity contribution in [3.8, 4) is 11.4 Å². The average Bonchev–Trinajstić information content (AvgIpc) is 2.84. The molecule has 0 saturated heterocycles. The van der Waals surface area contributed by atoms with Crippen LogP contribution < -0.4 is 5.73 Å². The first kappa shape index (κ1) is 12.2. The number of nitrogens with two attached hydrogens (primary N) is 1. The van der Waals surface area contributed by atoms with Gasteiger partial charge in [0, 0.05) is 15.7 Å². The number of imidazole rings is 1. The van der Waals surface area contributed by atoms with E-state index in [1.165, 1.54) is 5.56 Å². The predicted octanol–water partition coefficient (Wildman–Crippen LogP) is 4.14. The average molecular weight is 316 g/mol. The number of benzene rings is 2. The van der Waals surface area contributed by atoms with Crippen LogP contribution in [0, 0.1) is 0 Å². The van der Waals surface area contributed by atoms with Crippen molar-refractivity contribution in [2.45, 2.75) is 13.3 Å². The van der Waals surface area contributed by atoms with Crippen LogP contribution in [0.5, 0.6) is 0 Å². The van der Waals surface area contributed by atoms with Crippen molar-refractivity contribution in [2.24, 2.45) is 0 Å². The van der Waals surface area contributed by atoms with Crippen molar-refractivity contribution >= 4 is 32.7 Å². The number of anilines is 1. The molecule has 3 N–H and O–H groups in total. The number of nitrogens with one attached hydrogen (secondary N) is 1. The van der Waals surface area contributed by atoms with Crippen LogP contribution in [0.1, 0.15) is 12.5 Å². The molecule has 2 aromatic carbocycles. The molecule has 0 unspecified atom stereocenters. The smallest absolute Gasteiger partial charge is 0.138 e. The Morgan fingerprint density at radius 3 is 2.79 bits per heavy atom. The van der Waals surface area contributed by atoms with E-state index >= 15 is 0 Å². The number of fused-ring (bicyclic) bond motifs is 1. The third kappa shape index (κ3) is 2.24. The molecule has 0 bridgehead atoms. The Kier molecular flexibility index (Phi) is 3.03. The monoisotopic (exact) mass is 315 g/mol. The summed E-state index contributed by atoms with van der Waals surface area (Å²) < 4.78 is 0.903. The number of rotatable bonds is 2. The third-order valence-corrected chi connectivity index (χ3v) is 3.95. The second-order valence-electron chi connectivity index (χ2n) is 4.53. The zero-order valence-electron chi connectivity index (χ0n) is 10.6. The van der Waals surface area contributed by atoms with E-state index in [0.717, 1.165) is 33.3 Å². The maximum absolute atomic E-state index is 5.91. The van der Waals surface area contributed by atoms with Gasteiger partial charge in [-0.25, -0.2) is 4.98 Å². The largest absolute Gasteiger partial charge is 0.398 e. The molecule has 0 aliphatic rings. The highest BCUT2D eigenvalue weighted by Gasteiger charge is 2.07. The van der Waals surface area contributed by atoms with Crippen LogP contribution in [0.4, 0.5) is 5.69 Å². The molecule has 3 nitrogen and oxygen atoms in total. The van der Waals surface area contributed by atoms with Gasteiger partial charge in [-0.2, -0.15) is 0 Å². The second-order valence-corrected chi connectivity index (χ2v) is 5.38. The first-order valence-corrected chi connectivity index (χ1v) is 7.00. The van der Waals surface area contributed by atoms with Gasteiger partial charge in [0.2, 0.25) is 0 Å². The lowest BCUT2D eigenvalue weighted by Crippen LogP contribution is -1.88. The highest BCUT2D eigenvalue weighted by molar-refractivity contribution is 9.10. The SMILES string of the molecule is CCc1ccc2nc(-c3ccc(Br)c(N)c3)[nH]c2c1. The highest BCUT2D eigenvalue weighted by Crippen LogP contribution is 2.27. The summed E-state index contributed by atoms with van der Waals surface area (Å²) >= 11 is 3.40. The molecule has 1 heterocycles. The molecule has 0 amide bonds. The van der Waals surface area contributed by atoms with Crippen molar-refractivity contribution in [2.75, 3.05) is 5.73 Å². The Bertz CT molecular complexity index is 746. The molecule has 0 radical (unpaired) electrons. The summed E-state index contributed by atoms with van der Waals surface area (Å²) in [6.45, 7) is 2.15. The summed E-state index contributed by atoms with van der Waals surface area (Å²) in [4.78, 5) is 7.95. The topological polar surface area (TPSA) is 54.7 Å². The van der Waals surface area contributed by atoms with Gasteiger partial charge in [-0.15, -0.1) is 0 Å². The highest BCUT2D eigenvalue weighted by atomic mass is 79.9. The van der Waals surface area contributed by atoms with Crippen LogP contribution >= 0.6 is 15.9 Å². The summed E-state index contributed by atoms with van der Waals surface area (Å²) in [5.41, 5.74) is 11.0. The molecule has 1 aromatic heterocycles. The zero-order chi connectivity index (χ0) is 13.4. The minimum Gasteiger partial charge on any atom is -0.398 e. The van der Waals surface area contributed by atoms with Gasteiger partial charge < -0.3 is 10.7 Å². The molecule has 19 heavy (non-hydrogen) atoms. The summed E-state index contributed by atoms with van der Waals surface area (Å²) in [5.74, 6) is 0.849. The van der Waals surface area contributed by atoms with Gasteiger partial charge in [0.15, 0.2) is 0 Å². The van der Waals surface area contributed by atoms with Crippen molar-refractivity contribution in [1.82, 2.24) is 9.97 Å². The molecule has 0 spiro atoms. The van der Waals surface area contributed by atoms with Crippen LogP contribution in [-0.4, -0.2) is 9.97 Å². The lowest BCUT2D eigenvalue weighted by atomic mass is 10.1. The quantitative estimate of drug-likeness (QED) is 0.698. The number of H-pyrrole nitrogens is 1. The number of hydrogen-bond acceptors (Lipinski definition) is 2. The van der Waals surface area contributed by atoms with Gasteiger partial charge in [-0.3, -0.25) is 0 Å². The van der Waals surface area contributed by atoms with E-state index in [0.29, 0.717) is 5.69 Å². The number of nitrogens with zero attached hydrogens (tertiary/aromatic N) is 1. The number of nitrogen functional groups attached to an aromatic ring is 1. The zero-order valence-corrected chi connectivity index (χ0v) is 12.2. The molecule has 0 saturated carbocycles. The summed E-state index contributed by atoms with van der Waals surface area (Å²) in [6, 6.07) is 12.2. The van der Waals surface area contributed by atoms with Crippen molar-refractivity contribution < 1.29 is 0 Å². The maximum atomic E-state index is 5.91. The van der Waals surface area contributed by atoms with Crippen molar-refractivity contribution in [1.29, 1.82) is 0 Å². The molecule has 3 aromatic rings. The molecule has 0 aliphatic carbocycles. The molecular formula is C15H14BrN3. The van der Waals surface area contributed by atoms with Gasteiger partial charge in [0.05, 0.1) is 11.0 Å². The fraction of sp³-hybridized carbons (Fsp3) is 0.133. The van der Waals surface area contributed by atoms with Gasteiger partial charge in [0.25, 0.3) is 0 Å². The minimum absolute atomic E-state index is 0.715. The number of halogens is 1. The molecule has 0 aliphatic heterocycles. The minimum atomic E-state index is 0.715. The Labute approximate surface area is 120 Å². The van der Waals surface area contributed by atoms with Gasteiger partial charge in [-0.05, 0) is 58.2 Å². The molecule has 4 heteroatoms. The van der Waals surface area contributed by atoms with E-state index in [1.807, 2.05) is 18.2 Å². The number of aryl methyl sites for hydroxylation is 1. The van der Waals surface area contributed by atoms with Gasteiger partial charge in [-0.1, -0.05) is 13.0 Å². The summed E-state index contributed by atoms with van der Waals surface area (Å²) in [5, 5.41) is 0. The maximum Gasteiger partial charge on any atom is 0.138 e. The van der Waals surface area contributed by atoms with E-state index in [9.17, 15) is 0 Å². The van der Waals surface area contributed by atoms with Crippen molar-refractivity contribution in [3.63, 3.8) is 0 Å². The molecule has 3 rings (SSSR count). The fourth-order valence-corrected chi connectivity index (χ4v) is 2.35. The molecule has 0 fully saturated rings. The van der Waals surface area contributed by atoms with Crippen LogP contribution in [0.2, 0.25) is 0 Å². The third-order valence-electron chi connectivity index (χ3n) is 3.22. The summed E-state index contributed by atoms with van der Waals surface area (Å²) in [6.07, 6.45) is 1.02. The van der Waals surface area contributed by atoms with Gasteiger partial charge >= 0.3 is 0 Å². The van der Waals surface area contributed by atoms with Crippen LogP contribution in [0.3, 0.4) is 0 Å².